The molecule has 8 heteroatoms. The minimum absolute atomic E-state index is 0.0750. The standard InChI is InChI=1S/C23H21ClN2O4S/c1-2-30-20-12-8-19(9-13-20)26-31(28,29)21-14-10-18(11-15-21)25-23(27)16-7-17-5-3-4-6-22(17)24/h3-16,26H,2H2,1H3,(H,25,27)/b16-7+. The van der Waals surface area contributed by atoms with Gasteiger partial charge >= 0.3 is 0 Å². The zero-order chi connectivity index (χ0) is 22.3. The Morgan fingerprint density at radius 2 is 1.61 bits per heavy atom. The third kappa shape index (κ3) is 6.34. The van der Waals surface area contributed by atoms with E-state index >= 15 is 0 Å². The summed E-state index contributed by atoms with van der Waals surface area (Å²) in [4.78, 5) is 12.2. The minimum Gasteiger partial charge on any atom is -0.494 e. The molecule has 0 aliphatic heterocycles. The van der Waals surface area contributed by atoms with E-state index in [1.807, 2.05) is 13.0 Å². The lowest BCUT2D eigenvalue weighted by molar-refractivity contribution is -0.111. The topological polar surface area (TPSA) is 84.5 Å². The summed E-state index contributed by atoms with van der Waals surface area (Å²) in [5.41, 5.74) is 1.61. The van der Waals surface area contributed by atoms with Crippen LogP contribution in [0.1, 0.15) is 12.5 Å². The fourth-order valence-corrected chi connectivity index (χ4v) is 3.93. The second-order valence-corrected chi connectivity index (χ2v) is 8.52. The molecule has 0 atom stereocenters. The van der Waals surface area contributed by atoms with Crippen LogP contribution in [0.2, 0.25) is 5.02 Å². The van der Waals surface area contributed by atoms with Gasteiger partial charge in [0.25, 0.3) is 10.0 Å². The normalized spacial score (nSPS) is 11.3. The van der Waals surface area contributed by atoms with Crippen LogP contribution in [0.25, 0.3) is 6.08 Å². The molecule has 160 valence electrons. The van der Waals surface area contributed by atoms with Crippen molar-refractivity contribution in [2.45, 2.75) is 11.8 Å². The lowest BCUT2D eigenvalue weighted by atomic mass is 10.2. The molecule has 0 spiro atoms. The van der Waals surface area contributed by atoms with Crippen LogP contribution >= 0.6 is 11.6 Å². The molecule has 0 aromatic heterocycles. The Bertz CT molecular complexity index is 1170. The highest BCUT2D eigenvalue weighted by molar-refractivity contribution is 7.92. The van der Waals surface area contributed by atoms with E-state index in [0.717, 1.165) is 5.56 Å². The molecule has 0 bridgehead atoms. The van der Waals surface area contributed by atoms with Gasteiger partial charge in [-0.25, -0.2) is 8.42 Å². The monoisotopic (exact) mass is 456 g/mol. The second-order valence-electron chi connectivity index (χ2n) is 6.43. The first-order valence-electron chi connectivity index (χ1n) is 9.47. The number of rotatable bonds is 8. The Kier molecular flexibility index (Phi) is 7.33. The van der Waals surface area contributed by atoms with Crippen LogP contribution in [-0.4, -0.2) is 20.9 Å². The summed E-state index contributed by atoms with van der Waals surface area (Å²) in [7, 11) is -3.77. The molecular weight excluding hydrogens is 436 g/mol. The molecule has 0 aliphatic carbocycles. The van der Waals surface area contributed by atoms with Crippen molar-refractivity contribution in [3.05, 3.63) is 89.5 Å². The van der Waals surface area contributed by atoms with E-state index in [9.17, 15) is 13.2 Å². The molecule has 3 rings (SSSR count). The van der Waals surface area contributed by atoms with Crippen molar-refractivity contribution in [2.24, 2.45) is 0 Å². The first kappa shape index (κ1) is 22.4. The van der Waals surface area contributed by atoms with Gasteiger partial charge in [-0.15, -0.1) is 0 Å². The van der Waals surface area contributed by atoms with Gasteiger partial charge in [-0.2, -0.15) is 0 Å². The molecule has 1 amide bonds. The first-order valence-corrected chi connectivity index (χ1v) is 11.3. The third-order valence-corrected chi connectivity index (χ3v) is 5.91. The lowest BCUT2D eigenvalue weighted by Crippen LogP contribution is -2.13. The highest BCUT2D eigenvalue weighted by atomic mass is 35.5. The number of carbonyl (C=O) groups excluding carboxylic acids is 1. The summed E-state index contributed by atoms with van der Waals surface area (Å²) in [6.07, 6.45) is 2.97. The van der Waals surface area contributed by atoms with E-state index < -0.39 is 10.0 Å². The number of anilines is 2. The molecule has 0 unspecified atom stereocenters. The van der Waals surface area contributed by atoms with E-state index in [-0.39, 0.29) is 10.8 Å². The van der Waals surface area contributed by atoms with E-state index in [4.69, 9.17) is 16.3 Å². The second kappa shape index (κ2) is 10.1. The maximum absolute atomic E-state index is 12.6. The van der Waals surface area contributed by atoms with Crippen LogP contribution < -0.4 is 14.8 Å². The molecular formula is C23H21ClN2O4S. The number of amides is 1. The average Bonchev–Trinajstić information content (AvgIpc) is 2.75. The Balaban J connectivity index is 1.63. The third-order valence-electron chi connectivity index (χ3n) is 4.17. The largest absolute Gasteiger partial charge is 0.494 e. The van der Waals surface area contributed by atoms with Crippen LogP contribution in [0.15, 0.2) is 83.8 Å². The number of halogens is 1. The van der Waals surface area contributed by atoms with Crippen LogP contribution in [0.5, 0.6) is 5.75 Å². The Labute approximate surface area is 186 Å². The summed E-state index contributed by atoms with van der Waals surface area (Å²) >= 11 is 6.06. The number of ether oxygens (including phenoxy) is 1. The smallest absolute Gasteiger partial charge is 0.261 e. The van der Waals surface area contributed by atoms with Gasteiger partial charge in [0, 0.05) is 22.5 Å². The molecule has 3 aromatic rings. The van der Waals surface area contributed by atoms with Gasteiger partial charge in [-0.3, -0.25) is 9.52 Å². The van der Waals surface area contributed by atoms with Crippen LogP contribution in [0, 0.1) is 0 Å². The quantitative estimate of drug-likeness (QED) is 0.457. The van der Waals surface area contributed by atoms with E-state index in [0.29, 0.717) is 28.8 Å². The number of benzene rings is 3. The fourth-order valence-electron chi connectivity index (χ4n) is 2.68. The van der Waals surface area contributed by atoms with Crippen LogP contribution in [0.3, 0.4) is 0 Å². The van der Waals surface area contributed by atoms with Crippen molar-refractivity contribution in [2.75, 3.05) is 16.6 Å². The van der Waals surface area contributed by atoms with Gasteiger partial charge < -0.3 is 10.1 Å². The fraction of sp³-hybridized carbons (Fsp3) is 0.0870. The lowest BCUT2D eigenvalue weighted by Gasteiger charge is -2.10. The minimum atomic E-state index is -3.77. The molecule has 0 aliphatic rings. The molecule has 0 saturated carbocycles. The van der Waals surface area contributed by atoms with E-state index in [1.165, 1.54) is 30.3 Å². The van der Waals surface area contributed by atoms with Crippen LogP contribution in [0.4, 0.5) is 11.4 Å². The SMILES string of the molecule is CCOc1ccc(NS(=O)(=O)c2ccc(NC(=O)/C=C/c3ccccc3Cl)cc2)cc1. The Morgan fingerprint density at radius 3 is 2.26 bits per heavy atom. The van der Waals surface area contributed by atoms with Crippen LogP contribution in [-0.2, 0) is 14.8 Å². The zero-order valence-electron chi connectivity index (χ0n) is 16.7. The van der Waals surface area contributed by atoms with Crippen molar-refractivity contribution in [1.82, 2.24) is 0 Å². The van der Waals surface area contributed by atoms with Gasteiger partial charge in [-0.1, -0.05) is 29.8 Å². The predicted molar refractivity (Wildman–Crippen MR) is 124 cm³/mol. The summed E-state index contributed by atoms with van der Waals surface area (Å²) < 4.78 is 33.0. The van der Waals surface area contributed by atoms with Gasteiger partial charge in [-0.05, 0) is 73.2 Å². The summed E-state index contributed by atoms with van der Waals surface area (Å²) in [6.45, 7) is 2.40. The van der Waals surface area contributed by atoms with Crippen molar-refractivity contribution >= 4 is 45.0 Å². The van der Waals surface area contributed by atoms with Crippen molar-refractivity contribution < 1.29 is 17.9 Å². The first-order chi connectivity index (χ1) is 14.9. The summed E-state index contributed by atoms with van der Waals surface area (Å²) in [5.74, 6) is 0.303. The maximum atomic E-state index is 12.6. The molecule has 31 heavy (non-hydrogen) atoms. The number of hydrogen-bond acceptors (Lipinski definition) is 4. The van der Waals surface area contributed by atoms with E-state index in [2.05, 4.69) is 10.0 Å². The number of nitrogens with one attached hydrogen (secondary N) is 2. The predicted octanol–water partition coefficient (Wildman–Crippen LogP) is 5.19. The number of hydrogen-bond donors (Lipinski definition) is 2. The Hall–Kier alpha value is -3.29. The van der Waals surface area contributed by atoms with Crippen molar-refractivity contribution in [3.63, 3.8) is 0 Å². The van der Waals surface area contributed by atoms with Gasteiger partial charge in [0.2, 0.25) is 5.91 Å². The van der Waals surface area contributed by atoms with Crippen molar-refractivity contribution in [1.29, 1.82) is 0 Å². The Morgan fingerprint density at radius 1 is 0.968 bits per heavy atom. The van der Waals surface area contributed by atoms with Gasteiger partial charge in [0.1, 0.15) is 5.75 Å². The van der Waals surface area contributed by atoms with Crippen molar-refractivity contribution in [3.8, 4) is 5.75 Å². The molecule has 0 heterocycles. The average molecular weight is 457 g/mol. The number of carbonyl (C=O) groups is 1. The zero-order valence-corrected chi connectivity index (χ0v) is 18.3. The van der Waals surface area contributed by atoms with Gasteiger partial charge in [0.15, 0.2) is 0 Å². The summed E-state index contributed by atoms with van der Waals surface area (Å²) in [6, 6.07) is 19.7. The molecule has 2 N–H and O–H groups in total. The molecule has 6 nitrogen and oxygen atoms in total. The highest BCUT2D eigenvalue weighted by Crippen LogP contribution is 2.21. The highest BCUT2D eigenvalue weighted by Gasteiger charge is 2.14. The molecule has 0 fully saturated rings. The molecule has 3 aromatic carbocycles. The maximum Gasteiger partial charge on any atom is 0.261 e. The summed E-state index contributed by atoms with van der Waals surface area (Å²) in [5, 5.41) is 3.22. The van der Waals surface area contributed by atoms with Gasteiger partial charge in [0.05, 0.1) is 11.5 Å². The van der Waals surface area contributed by atoms with E-state index in [1.54, 1.807) is 48.5 Å². The molecule has 0 radical (unpaired) electrons. The molecule has 0 saturated heterocycles. The number of sulfonamides is 1.